The molecule has 0 bridgehead atoms. The van der Waals surface area contributed by atoms with E-state index in [1.807, 2.05) is 19.2 Å². The normalized spacial score (nSPS) is 11.1. The van der Waals surface area contributed by atoms with Gasteiger partial charge in [0.1, 0.15) is 5.01 Å². The van der Waals surface area contributed by atoms with E-state index >= 15 is 0 Å². The summed E-state index contributed by atoms with van der Waals surface area (Å²) in [5.41, 5.74) is 2.02. The average Bonchev–Trinajstić information content (AvgIpc) is 2.93. The molecule has 1 amide bonds. The highest BCUT2D eigenvalue weighted by atomic mass is 32.1. The third-order valence-electron chi connectivity index (χ3n) is 2.44. The quantitative estimate of drug-likeness (QED) is 0.566. The van der Waals surface area contributed by atoms with Crippen molar-refractivity contribution < 1.29 is 4.79 Å². The summed E-state index contributed by atoms with van der Waals surface area (Å²) in [5, 5.41) is 13.1. The highest BCUT2D eigenvalue weighted by molar-refractivity contribution is 7.09. The standard InChI is InChI=1S/C11H14N6OS/c1-11(2,10-13-5-6-19-10)14-9(18)7-3-4-8(15-12)17-16-7/h3-6H,12H2,1-2H3,(H,14,18)(H,15,17). The third-order valence-corrected chi connectivity index (χ3v) is 3.53. The van der Waals surface area contributed by atoms with Crippen LogP contribution in [0.5, 0.6) is 0 Å². The summed E-state index contributed by atoms with van der Waals surface area (Å²) in [6.45, 7) is 3.76. The molecule has 0 aliphatic heterocycles. The Hall–Kier alpha value is -2.06. The fourth-order valence-electron chi connectivity index (χ4n) is 1.46. The third kappa shape index (κ3) is 3.04. The van der Waals surface area contributed by atoms with Crippen LogP contribution in [0.3, 0.4) is 0 Å². The molecule has 2 heterocycles. The van der Waals surface area contributed by atoms with E-state index in [1.54, 1.807) is 18.3 Å². The van der Waals surface area contributed by atoms with Crippen LogP contribution in [0.1, 0.15) is 29.3 Å². The Labute approximate surface area is 114 Å². The largest absolute Gasteiger partial charge is 0.339 e. The van der Waals surface area contributed by atoms with Gasteiger partial charge in [-0.25, -0.2) is 10.8 Å². The van der Waals surface area contributed by atoms with Crippen molar-refractivity contribution >= 4 is 23.1 Å². The SMILES string of the molecule is CC(C)(NC(=O)c1ccc(NN)nn1)c1nccs1. The Bertz CT molecular complexity index is 551. The number of rotatable bonds is 4. The maximum Gasteiger partial charge on any atom is 0.272 e. The minimum absolute atomic E-state index is 0.226. The van der Waals surface area contributed by atoms with E-state index in [9.17, 15) is 4.79 Å². The van der Waals surface area contributed by atoms with Gasteiger partial charge in [0.25, 0.3) is 5.91 Å². The van der Waals surface area contributed by atoms with Crippen LogP contribution < -0.4 is 16.6 Å². The molecule has 8 heteroatoms. The Morgan fingerprint density at radius 2 is 2.16 bits per heavy atom. The average molecular weight is 278 g/mol. The molecule has 100 valence electrons. The van der Waals surface area contributed by atoms with Gasteiger partial charge < -0.3 is 10.7 Å². The highest BCUT2D eigenvalue weighted by Gasteiger charge is 2.26. The van der Waals surface area contributed by atoms with Crippen LogP contribution in [0.4, 0.5) is 5.82 Å². The summed E-state index contributed by atoms with van der Waals surface area (Å²) in [4.78, 5) is 16.3. The first kappa shape index (κ1) is 13.4. The molecule has 2 rings (SSSR count). The van der Waals surface area contributed by atoms with Crippen molar-refractivity contribution in [3.8, 4) is 0 Å². The number of nitrogen functional groups attached to an aromatic ring is 1. The lowest BCUT2D eigenvalue weighted by molar-refractivity contribution is 0.0906. The summed E-state index contributed by atoms with van der Waals surface area (Å²) >= 11 is 1.48. The zero-order valence-corrected chi connectivity index (χ0v) is 11.4. The van der Waals surface area contributed by atoms with E-state index < -0.39 is 5.54 Å². The number of hydrazine groups is 1. The van der Waals surface area contributed by atoms with Crippen molar-refractivity contribution in [1.29, 1.82) is 0 Å². The molecular weight excluding hydrogens is 264 g/mol. The summed E-state index contributed by atoms with van der Waals surface area (Å²) in [5.74, 6) is 5.27. The Kier molecular flexibility index (Phi) is 3.72. The summed E-state index contributed by atoms with van der Waals surface area (Å²) in [7, 11) is 0. The minimum Gasteiger partial charge on any atom is -0.339 e. The van der Waals surface area contributed by atoms with Crippen LogP contribution in [-0.2, 0) is 5.54 Å². The fourth-order valence-corrected chi connectivity index (χ4v) is 2.18. The number of thiazole rings is 1. The predicted octanol–water partition coefficient (Wildman–Crippen LogP) is 0.884. The highest BCUT2D eigenvalue weighted by Crippen LogP contribution is 2.22. The van der Waals surface area contributed by atoms with Gasteiger partial charge in [-0.1, -0.05) is 0 Å². The zero-order valence-electron chi connectivity index (χ0n) is 10.5. The molecule has 0 aliphatic rings. The van der Waals surface area contributed by atoms with Crippen molar-refractivity contribution in [3.05, 3.63) is 34.4 Å². The van der Waals surface area contributed by atoms with Crippen molar-refractivity contribution in [2.45, 2.75) is 19.4 Å². The van der Waals surface area contributed by atoms with E-state index in [4.69, 9.17) is 5.84 Å². The first-order chi connectivity index (χ1) is 9.03. The van der Waals surface area contributed by atoms with Gasteiger partial charge in [0.15, 0.2) is 11.5 Å². The molecule has 2 aromatic rings. The first-order valence-corrected chi connectivity index (χ1v) is 6.44. The van der Waals surface area contributed by atoms with Crippen LogP contribution >= 0.6 is 11.3 Å². The molecule has 19 heavy (non-hydrogen) atoms. The van der Waals surface area contributed by atoms with E-state index in [-0.39, 0.29) is 11.6 Å². The van der Waals surface area contributed by atoms with Crippen molar-refractivity contribution in [1.82, 2.24) is 20.5 Å². The summed E-state index contributed by atoms with van der Waals surface area (Å²) in [6, 6.07) is 3.13. The molecule has 4 N–H and O–H groups in total. The lowest BCUT2D eigenvalue weighted by Gasteiger charge is -2.23. The molecular formula is C11H14N6OS. The van der Waals surface area contributed by atoms with Crippen LogP contribution in [0.2, 0.25) is 0 Å². The molecule has 7 nitrogen and oxygen atoms in total. The smallest absolute Gasteiger partial charge is 0.272 e. The van der Waals surface area contributed by atoms with Crippen molar-refractivity contribution in [3.63, 3.8) is 0 Å². The van der Waals surface area contributed by atoms with Gasteiger partial charge in [-0.3, -0.25) is 4.79 Å². The van der Waals surface area contributed by atoms with Crippen LogP contribution in [0, 0.1) is 0 Å². The Morgan fingerprint density at radius 3 is 2.68 bits per heavy atom. The minimum atomic E-state index is -0.558. The van der Waals surface area contributed by atoms with Gasteiger partial charge in [-0.2, -0.15) is 0 Å². The topological polar surface area (TPSA) is 106 Å². The maximum absolute atomic E-state index is 12.1. The van der Waals surface area contributed by atoms with E-state index in [0.29, 0.717) is 5.82 Å². The molecule has 0 atom stereocenters. The number of nitrogens with one attached hydrogen (secondary N) is 2. The monoisotopic (exact) mass is 278 g/mol. The lowest BCUT2D eigenvalue weighted by atomic mass is 10.1. The summed E-state index contributed by atoms with van der Waals surface area (Å²) < 4.78 is 0. The first-order valence-electron chi connectivity index (χ1n) is 5.56. The van der Waals surface area contributed by atoms with Gasteiger partial charge in [-0.15, -0.1) is 21.5 Å². The molecule has 0 saturated heterocycles. The van der Waals surface area contributed by atoms with Gasteiger partial charge in [0.05, 0.1) is 5.54 Å². The maximum atomic E-state index is 12.1. The second-order valence-electron chi connectivity index (χ2n) is 4.36. The molecule has 0 saturated carbocycles. The number of amides is 1. The predicted molar refractivity (Wildman–Crippen MR) is 72.4 cm³/mol. The number of hydrogen-bond acceptors (Lipinski definition) is 7. The molecule has 0 aliphatic carbocycles. The molecule has 2 aromatic heterocycles. The van der Waals surface area contributed by atoms with Gasteiger partial charge in [0.2, 0.25) is 0 Å². The van der Waals surface area contributed by atoms with Crippen LogP contribution in [0.15, 0.2) is 23.7 Å². The van der Waals surface area contributed by atoms with Crippen molar-refractivity contribution in [2.75, 3.05) is 5.43 Å². The molecule has 0 spiro atoms. The van der Waals surface area contributed by atoms with E-state index in [2.05, 4.69) is 25.9 Å². The molecule has 0 radical (unpaired) electrons. The second-order valence-corrected chi connectivity index (χ2v) is 5.26. The van der Waals surface area contributed by atoms with Crippen LogP contribution in [0.25, 0.3) is 0 Å². The number of aromatic nitrogens is 3. The van der Waals surface area contributed by atoms with E-state index in [0.717, 1.165) is 5.01 Å². The number of nitrogens with zero attached hydrogens (tertiary/aromatic N) is 3. The van der Waals surface area contributed by atoms with Crippen LogP contribution in [-0.4, -0.2) is 21.1 Å². The number of nitrogens with two attached hydrogens (primary N) is 1. The number of carbonyl (C=O) groups is 1. The number of hydrogen-bond donors (Lipinski definition) is 3. The number of carbonyl (C=O) groups excluding carboxylic acids is 1. The zero-order chi connectivity index (χ0) is 13.9. The number of anilines is 1. The Morgan fingerprint density at radius 1 is 1.37 bits per heavy atom. The molecule has 0 aromatic carbocycles. The van der Waals surface area contributed by atoms with Gasteiger partial charge in [-0.05, 0) is 26.0 Å². The Balaban J connectivity index is 2.12. The van der Waals surface area contributed by atoms with Gasteiger partial charge >= 0.3 is 0 Å². The second kappa shape index (κ2) is 5.29. The summed E-state index contributed by atoms with van der Waals surface area (Å²) in [6.07, 6.45) is 1.70. The van der Waals surface area contributed by atoms with Crippen molar-refractivity contribution in [2.24, 2.45) is 5.84 Å². The fraction of sp³-hybridized carbons (Fsp3) is 0.273. The molecule has 0 unspecified atom stereocenters. The lowest BCUT2D eigenvalue weighted by Crippen LogP contribution is -2.41. The van der Waals surface area contributed by atoms with Gasteiger partial charge in [0, 0.05) is 11.6 Å². The molecule has 0 fully saturated rings. The van der Waals surface area contributed by atoms with E-state index in [1.165, 1.54) is 11.3 Å².